The van der Waals surface area contributed by atoms with Gasteiger partial charge in [0.25, 0.3) is 0 Å². The molecule has 3 rings (SSSR count). The molecule has 0 saturated heterocycles. The van der Waals surface area contributed by atoms with Crippen LogP contribution in [-0.2, 0) is 4.79 Å². The van der Waals surface area contributed by atoms with Crippen LogP contribution in [-0.4, -0.2) is 41.6 Å². The predicted octanol–water partition coefficient (Wildman–Crippen LogP) is 5.11. The average Bonchev–Trinajstić information content (AvgIpc) is 2.87. The van der Waals surface area contributed by atoms with Gasteiger partial charge in [-0.2, -0.15) is 5.06 Å². The Morgan fingerprint density at radius 3 is 2.41 bits per heavy atom. The third kappa shape index (κ3) is 4.15. The van der Waals surface area contributed by atoms with Crippen molar-refractivity contribution >= 4 is 17.5 Å². The number of fused-ring (bicyclic) bond motifs is 1. The predicted molar refractivity (Wildman–Crippen MR) is 115 cm³/mol. The maximum atomic E-state index is 12.4. The van der Waals surface area contributed by atoms with Crippen molar-refractivity contribution in [1.82, 2.24) is 5.06 Å². The van der Waals surface area contributed by atoms with Crippen molar-refractivity contribution in [1.29, 1.82) is 0 Å². The highest BCUT2D eigenvalue weighted by Crippen LogP contribution is 2.48. The van der Waals surface area contributed by atoms with Gasteiger partial charge in [0.15, 0.2) is 11.5 Å². The second-order valence-electron chi connectivity index (χ2n) is 7.34. The topological polar surface area (TPSA) is 59.0 Å². The van der Waals surface area contributed by atoms with Crippen molar-refractivity contribution in [2.24, 2.45) is 0 Å². The first kappa shape index (κ1) is 21.7. The van der Waals surface area contributed by atoms with E-state index >= 15 is 0 Å². The molecule has 156 valence electrons. The largest absolute Gasteiger partial charge is 0.493 e. The number of carbonyl (C=O) groups is 1. The molecule has 29 heavy (non-hydrogen) atoms. The van der Waals surface area contributed by atoms with Crippen LogP contribution in [0.15, 0.2) is 47.4 Å². The normalized spacial score (nSPS) is 21.9. The number of methoxy groups -OCH3 is 2. The molecule has 2 aromatic carbocycles. The van der Waals surface area contributed by atoms with Gasteiger partial charge in [0, 0.05) is 23.5 Å². The van der Waals surface area contributed by atoms with Crippen LogP contribution in [0.5, 0.6) is 11.5 Å². The van der Waals surface area contributed by atoms with Gasteiger partial charge in [-0.05, 0) is 29.7 Å². The summed E-state index contributed by atoms with van der Waals surface area (Å²) < 4.78 is 11.0. The molecule has 0 saturated carbocycles. The van der Waals surface area contributed by atoms with E-state index in [4.69, 9.17) is 9.47 Å². The number of Topliss-reactive ketones (excluding diaryl/α,β-unsaturated/α-hetero) is 1. The number of rotatable bonds is 7. The fraction of sp³-hybridized carbons (Fsp3) is 0.435. The highest BCUT2D eigenvalue weighted by Gasteiger charge is 2.44. The average molecular weight is 416 g/mol. The van der Waals surface area contributed by atoms with E-state index in [0.717, 1.165) is 16.0 Å². The summed E-state index contributed by atoms with van der Waals surface area (Å²) in [5, 5.41) is 13.0. The summed E-state index contributed by atoms with van der Waals surface area (Å²) in [6.07, 6.45) is 1.44. The lowest BCUT2D eigenvalue weighted by molar-refractivity contribution is -0.193. The van der Waals surface area contributed by atoms with Gasteiger partial charge in [-0.25, -0.2) is 0 Å². The minimum absolute atomic E-state index is 0.152. The van der Waals surface area contributed by atoms with Gasteiger partial charge >= 0.3 is 0 Å². The van der Waals surface area contributed by atoms with Crippen molar-refractivity contribution in [2.45, 2.75) is 49.6 Å². The Hall–Kier alpha value is -2.02. The highest BCUT2D eigenvalue weighted by atomic mass is 32.2. The number of ketones is 1. The van der Waals surface area contributed by atoms with E-state index in [9.17, 15) is 10.0 Å². The van der Waals surface area contributed by atoms with Crippen LogP contribution in [0.4, 0.5) is 0 Å². The third-order valence-corrected chi connectivity index (χ3v) is 7.08. The molecule has 0 fully saturated rings. The minimum Gasteiger partial charge on any atom is -0.493 e. The lowest BCUT2D eigenvalue weighted by atomic mass is 9.87. The number of nitrogens with zero attached hydrogens (tertiary/aromatic N) is 1. The highest BCUT2D eigenvalue weighted by molar-refractivity contribution is 7.99. The van der Waals surface area contributed by atoms with E-state index < -0.39 is 11.6 Å². The summed E-state index contributed by atoms with van der Waals surface area (Å²) in [5.74, 6) is 2.04. The first-order chi connectivity index (χ1) is 14.0. The summed E-state index contributed by atoms with van der Waals surface area (Å²) in [6, 6.07) is 13.4. The fourth-order valence-electron chi connectivity index (χ4n) is 3.87. The Labute approximate surface area is 177 Å². The zero-order valence-corrected chi connectivity index (χ0v) is 18.3. The fourth-order valence-corrected chi connectivity index (χ4v) is 5.26. The van der Waals surface area contributed by atoms with E-state index in [1.54, 1.807) is 26.0 Å². The Morgan fingerprint density at radius 2 is 1.83 bits per heavy atom. The Morgan fingerprint density at radius 1 is 1.17 bits per heavy atom. The number of hydrogen-bond donors (Lipinski definition) is 1. The molecule has 0 amide bonds. The quantitative estimate of drug-likeness (QED) is 0.678. The van der Waals surface area contributed by atoms with Gasteiger partial charge in [0.2, 0.25) is 0 Å². The van der Waals surface area contributed by atoms with Gasteiger partial charge in [-0.15, -0.1) is 11.8 Å². The molecule has 5 nitrogen and oxygen atoms in total. The molecule has 2 atom stereocenters. The zero-order chi connectivity index (χ0) is 21.0. The number of benzene rings is 2. The molecule has 2 aromatic rings. The molecule has 1 heterocycles. The minimum atomic E-state index is -0.655. The summed E-state index contributed by atoms with van der Waals surface area (Å²) >= 11 is 1.65. The van der Waals surface area contributed by atoms with Crippen LogP contribution in [0.2, 0.25) is 0 Å². The first-order valence-electron chi connectivity index (χ1n) is 9.93. The molecule has 0 spiro atoms. The number of hydrogen-bond acceptors (Lipinski definition) is 6. The van der Waals surface area contributed by atoms with Gasteiger partial charge in [-0.3, -0.25) is 4.79 Å². The standard InChI is InChI=1S/C23H29NO4S/c1-5-17(25)14-23(6-2)15-29-21-13-20(28-4)19(27-3)12-18(21)22(24(23)26)16-10-8-7-9-11-16/h7-13,22,26H,5-6,14-15H2,1-4H3. The van der Waals surface area contributed by atoms with Crippen LogP contribution in [0.1, 0.15) is 50.3 Å². The lowest BCUT2D eigenvalue weighted by Crippen LogP contribution is -2.51. The molecule has 6 heteroatoms. The maximum Gasteiger partial charge on any atom is 0.161 e. The van der Waals surface area contributed by atoms with E-state index in [1.807, 2.05) is 56.3 Å². The summed E-state index contributed by atoms with van der Waals surface area (Å²) in [7, 11) is 3.23. The SMILES string of the molecule is CCC(=O)CC1(CC)CSc2cc(OC)c(OC)cc2C(c2ccccc2)N1O. The number of thioether (sulfide) groups is 1. The second-order valence-corrected chi connectivity index (χ2v) is 8.36. The van der Waals surface area contributed by atoms with Crippen molar-refractivity contribution in [3.8, 4) is 11.5 Å². The Balaban J connectivity index is 2.20. The molecule has 0 bridgehead atoms. The van der Waals surface area contributed by atoms with Crippen LogP contribution in [0.25, 0.3) is 0 Å². The molecule has 2 unspecified atom stereocenters. The molecule has 1 aliphatic heterocycles. The third-order valence-electron chi connectivity index (χ3n) is 5.73. The number of hydroxylamine groups is 2. The first-order valence-corrected chi connectivity index (χ1v) is 10.9. The van der Waals surface area contributed by atoms with Gasteiger partial charge < -0.3 is 14.7 Å². The van der Waals surface area contributed by atoms with Gasteiger partial charge in [-0.1, -0.05) is 44.2 Å². The Kier molecular flexibility index (Phi) is 6.88. The summed E-state index contributed by atoms with van der Waals surface area (Å²) in [6.45, 7) is 3.91. The Bertz CT molecular complexity index is 857. The summed E-state index contributed by atoms with van der Waals surface area (Å²) in [5.41, 5.74) is 1.26. The number of carbonyl (C=O) groups excluding carboxylic acids is 1. The molecule has 0 aromatic heterocycles. The monoisotopic (exact) mass is 415 g/mol. The van der Waals surface area contributed by atoms with E-state index in [-0.39, 0.29) is 5.78 Å². The van der Waals surface area contributed by atoms with Crippen molar-refractivity contribution in [3.05, 3.63) is 53.6 Å². The van der Waals surface area contributed by atoms with Crippen LogP contribution >= 0.6 is 11.8 Å². The van der Waals surface area contributed by atoms with Crippen molar-refractivity contribution in [3.63, 3.8) is 0 Å². The summed E-state index contributed by atoms with van der Waals surface area (Å²) in [4.78, 5) is 13.5. The molecular weight excluding hydrogens is 386 g/mol. The van der Waals surface area contributed by atoms with Crippen LogP contribution < -0.4 is 9.47 Å². The van der Waals surface area contributed by atoms with E-state index in [1.165, 1.54) is 5.06 Å². The molecular formula is C23H29NO4S. The molecule has 0 radical (unpaired) electrons. The molecule has 1 N–H and O–H groups in total. The van der Waals surface area contributed by atoms with Crippen molar-refractivity contribution in [2.75, 3.05) is 20.0 Å². The van der Waals surface area contributed by atoms with Crippen LogP contribution in [0.3, 0.4) is 0 Å². The van der Waals surface area contributed by atoms with Gasteiger partial charge in [0.05, 0.1) is 25.8 Å². The second kappa shape index (κ2) is 9.20. The molecule has 1 aliphatic rings. The smallest absolute Gasteiger partial charge is 0.161 e. The lowest BCUT2D eigenvalue weighted by Gasteiger charge is -2.41. The van der Waals surface area contributed by atoms with Gasteiger partial charge in [0.1, 0.15) is 5.78 Å². The van der Waals surface area contributed by atoms with Crippen molar-refractivity contribution < 1.29 is 19.5 Å². The van der Waals surface area contributed by atoms with E-state index in [2.05, 4.69) is 0 Å². The molecule has 0 aliphatic carbocycles. The maximum absolute atomic E-state index is 12.4. The number of ether oxygens (including phenoxy) is 2. The zero-order valence-electron chi connectivity index (χ0n) is 17.5. The van der Waals surface area contributed by atoms with E-state index in [0.29, 0.717) is 36.5 Å². The van der Waals surface area contributed by atoms with Crippen LogP contribution in [0, 0.1) is 0 Å².